The van der Waals surface area contributed by atoms with Crippen molar-refractivity contribution in [3.05, 3.63) is 59.9 Å². The van der Waals surface area contributed by atoms with Gasteiger partial charge in [-0.05, 0) is 29.7 Å². The SMILES string of the molecule is O=C(Nc1ccncc1)C1NCCc2ccccc21. The first-order valence-corrected chi connectivity index (χ1v) is 6.37. The Kier molecular flexibility index (Phi) is 3.25. The average molecular weight is 253 g/mol. The Balaban J connectivity index is 1.82. The zero-order valence-electron chi connectivity index (χ0n) is 10.5. The molecular formula is C15H15N3O. The van der Waals surface area contributed by atoms with Crippen LogP contribution in [0.25, 0.3) is 0 Å². The lowest BCUT2D eigenvalue weighted by Crippen LogP contribution is -2.38. The minimum Gasteiger partial charge on any atom is -0.324 e. The third-order valence-electron chi connectivity index (χ3n) is 3.32. The topological polar surface area (TPSA) is 54.0 Å². The number of anilines is 1. The molecule has 1 aromatic heterocycles. The van der Waals surface area contributed by atoms with Gasteiger partial charge in [-0.15, -0.1) is 0 Å². The minimum atomic E-state index is -0.280. The van der Waals surface area contributed by atoms with Crippen LogP contribution in [0.15, 0.2) is 48.8 Å². The summed E-state index contributed by atoms with van der Waals surface area (Å²) in [6.07, 6.45) is 4.30. The number of rotatable bonds is 2. The molecule has 0 aliphatic carbocycles. The van der Waals surface area contributed by atoms with Crippen LogP contribution in [0.1, 0.15) is 17.2 Å². The maximum absolute atomic E-state index is 12.3. The molecular weight excluding hydrogens is 238 g/mol. The van der Waals surface area contributed by atoms with Gasteiger partial charge in [-0.2, -0.15) is 0 Å². The summed E-state index contributed by atoms with van der Waals surface area (Å²) in [5.41, 5.74) is 3.08. The molecule has 0 saturated carbocycles. The lowest BCUT2D eigenvalue weighted by Gasteiger charge is -2.26. The fraction of sp³-hybridized carbons (Fsp3) is 0.200. The molecule has 4 nitrogen and oxygen atoms in total. The zero-order chi connectivity index (χ0) is 13.1. The fourth-order valence-corrected chi connectivity index (χ4v) is 2.39. The summed E-state index contributed by atoms with van der Waals surface area (Å²) in [4.78, 5) is 16.3. The number of carbonyl (C=O) groups is 1. The van der Waals surface area contributed by atoms with Gasteiger partial charge in [0.2, 0.25) is 5.91 Å². The second-order valence-corrected chi connectivity index (χ2v) is 4.56. The van der Waals surface area contributed by atoms with E-state index in [9.17, 15) is 4.79 Å². The van der Waals surface area contributed by atoms with Crippen molar-refractivity contribution in [2.24, 2.45) is 0 Å². The Morgan fingerprint density at radius 1 is 1.21 bits per heavy atom. The molecule has 1 aliphatic rings. The van der Waals surface area contributed by atoms with Gasteiger partial charge in [0.25, 0.3) is 0 Å². The minimum absolute atomic E-state index is 0.0293. The number of hydrogen-bond acceptors (Lipinski definition) is 3. The Bertz CT molecular complexity index is 583. The van der Waals surface area contributed by atoms with E-state index in [1.54, 1.807) is 24.5 Å². The number of pyridine rings is 1. The van der Waals surface area contributed by atoms with Crippen molar-refractivity contribution >= 4 is 11.6 Å². The molecule has 1 aromatic carbocycles. The van der Waals surface area contributed by atoms with Crippen LogP contribution >= 0.6 is 0 Å². The van der Waals surface area contributed by atoms with E-state index in [0.717, 1.165) is 24.2 Å². The van der Waals surface area contributed by atoms with Crippen LogP contribution in [0, 0.1) is 0 Å². The Labute approximate surface area is 111 Å². The summed E-state index contributed by atoms with van der Waals surface area (Å²) in [6, 6.07) is 11.4. The molecule has 0 radical (unpaired) electrons. The van der Waals surface area contributed by atoms with Gasteiger partial charge in [0.05, 0.1) is 0 Å². The summed E-state index contributed by atoms with van der Waals surface area (Å²) in [7, 11) is 0. The number of amides is 1. The number of carbonyl (C=O) groups excluding carboxylic acids is 1. The number of benzene rings is 1. The van der Waals surface area contributed by atoms with E-state index in [0.29, 0.717) is 0 Å². The molecule has 1 aliphatic heterocycles. The number of hydrogen-bond donors (Lipinski definition) is 2. The number of nitrogens with one attached hydrogen (secondary N) is 2. The van der Waals surface area contributed by atoms with E-state index in [-0.39, 0.29) is 11.9 Å². The van der Waals surface area contributed by atoms with Crippen molar-refractivity contribution in [1.82, 2.24) is 10.3 Å². The van der Waals surface area contributed by atoms with E-state index in [4.69, 9.17) is 0 Å². The van der Waals surface area contributed by atoms with Crippen LogP contribution < -0.4 is 10.6 Å². The smallest absolute Gasteiger partial charge is 0.246 e. The number of nitrogens with zero attached hydrogens (tertiary/aromatic N) is 1. The van der Waals surface area contributed by atoms with E-state index in [2.05, 4.69) is 21.7 Å². The second kappa shape index (κ2) is 5.20. The molecule has 4 heteroatoms. The molecule has 0 saturated heterocycles. The van der Waals surface area contributed by atoms with Crippen LogP contribution in [0.3, 0.4) is 0 Å². The predicted molar refractivity (Wildman–Crippen MR) is 73.8 cm³/mol. The normalized spacial score (nSPS) is 17.6. The van der Waals surface area contributed by atoms with Gasteiger partial charge in [0.15, 0.2) is 0 Å². The van der Waals surface area contributed by atoms with Gasteiger partial charge in [-0.1, -0.05) is 24.3 Å². The predicted octanol–water partition coefficient (Wildman–Crippen LogP) is 1.91. The Hall–Kier alpha value is -2.20. The summed E-state index contributed by atoms with van der Waals surface area (Å²) >= 11 is 0. The molecule has 19 heavy (non-hydrogen) atoms. The second-order valence-electron chi connectivity index (χ2n) is 4.56. The molecule has 1 unspecified atom stereocenters. The maximum atomic E-state index is 12.3. The van der Waals surface area contributed by atoms with Crippen molar-refractivity contribution in [1.29, 1.82) is 0 Å². The van der Waals surface area contributed by atoms with Crippen molar-refractivity contribution in [2.75, 3.05) is 11.9 Å². The van der Waals surface area contributed by atoms with E-state index < -0.39 is 0 Å². The van der Waals surface area contributed by atoms with Gasteiger partial charge in [0, 0.05) is 24.6 Å². The fourth-order valence-electron chi connectivity index (χ4n) is 2.39. The molecule has 96 valence electrons. The summed E-state index contributed by atoms with van der Waals surface area (Å²) in [5.74, 6) is -0.0293. The molecule has 2 N–H and O–H groups in total. The van der Waals surface area contributed by atoms with Gasteiger partial charge in [0.1, 0.15) is 6.04 Å². The highest BCUT2D eigenvalue weighted by Crippen LogP contribution is 2.23. The summed E-state index contributed by atoms with van der Waals surface area (Å²) < 4.78 is 0. The summed E-state index contributed by atoms with van der Waals surface area (Å²) in [5, 5.41) is 6.18. The van der Waals surface area contributed by atoms with Crippen molar-refractivity contribution in [3.8, 4) is 0 Å². The van der Waals surface area contributed by atoms with Gasteiger partial charge in [-0.25, -0.2) is 0 Å². The largest absolute Gasteiger partial charge is 0.324 e. The van der Waals surface area contributed by atoms with E-state index >= 15 is 0 Å². The van der Waals surface area contributed by atoms with Crippen LogP contribution in [-0.4, -0.2) is 17.4 Å². The molecule has 2 heterocycles. The quantitative estimate of drug-likeness (QED) is 0.859. The molecule has 0 bridgehead atoms. The summed E-state index contributed by atoms with van der Waals surface area (Å²) in [6.45, 7) is 0.825. The zero-order valence-corrected chi connectivity index (χ0v) is 10.5. The van der Waals surface area contributed by atoms with Gasteiger partial charge in [-0.3, -0.25) is 9.78 Å². The number of aromatic nitrogens is 1. The van der Waals surface area contributed by atoms with Crippen LogP contribution in [0.2, 0.25) is 0 Å². The van der Waals surface area contributed by atoms with Crippen molar-refractivity contribution in [2.45, 2.75) is 12.5 Å². The maximum Gasteiger partial charge on any atom is 0.246 e. The Morgan fingerprint density at radius 2 is 2.00 bits per heavy atom. The van der Waals surface area contributed by atoms with Crippen LogP contribution in [-0.2, 0) is 11.2 Å². The highest BCUT2D eigenvalue weighted by molar-refractivity contribution is 5.95. The highest BCUT2D eigenvalue weighted by Gasteiger charge is 2.25. The number of fused-ring (bicyclic) bond motifs is 1. The Morgan fingerprint density at radius 3 is 2.84 bits per heavy atom. The van der Waals surface area contributed by atoms with Crippen molar-refractivity contribution in [3.63, 3.8) is 0 Å². The van der Waals surface area contributed by atoms with Crippen molar-refractivity contribution < 1.29 is 4.79 Å². The third kappa shape index (κ3) is 2.48. The molecule has 0 spiro atoms. The van der Waals surface area contributed by atoms with Crippen LogP contribution in [0.5, 0.6) is 0 Å². The van der Waals surface area contributed by atoms with E-state index in [1.165, 1.54) is 5.56 Å². The van der Waals surface area contributed by atoms with Crippen LogP contribution in [0.4, 0.5) is 5.69 Å². The molecule has 0 fully saturated rings. The average Bonchev–Trinajstić information content (AvgIpc) is 2.47. The first-order chi connectivity index (χ1) is 9.34. The molecule has 1 atom stereocenters. The standard InChI is InChI=1S/C15H15N3O/c19-15(18-12-6-8-16-9-7-12)14-13-4-2-1-3-11(13)5-10-17-14/h1-4,6-9,14,17H,5,10H2,(H,16,18,19). The molecule has 2 aromatic rings. The first kappa shape index (κ1) is 11.9. The monoisotopic (exact) mass is 253 g/mol. The van der Waals surface area contributed by atoms with E-state index in [1.807, 2.05) is 18.2 Å². The molecule has 3 rings (SSSR count). The van der Waals surface area contributed by atoms with Gasteiger partial charge < -0.3 is 10.6 Å². The highest BCUT2D eigenvalue weighted by atomic mass is 16.2. The van der Waals surface area contributed by atoms with Gasteiger partial charge >= 0.3 is 0 Å². The molecule has 1 amide bonds. The lowest BCUT2D eigenvalue weighted by molar-refractivity contribution is -0.118. The third-order valence-corrected chi connectivity index (χ3v) is 3.32. The lowest BCUT2D eigenvalue weighted by atomic mass is 9.94. The first-order valence-electron chi connectivity index (χ1n) is 6.37.